The van der Waals surface area contributed by atoms with Crippen LogP contribution in [-0.2, 0) is 10.8 Å². The van der Waals surface area contributed by atoms with Gasteiger partial charge in [0.1, 0.15) is 0 Å². The zero-order chi connectivity index (χ0) is 10.7. The summed E-state index contributed by atoms with van der Waals surface area (Å²) in [6.45, 7) is 2.90. The number of aryl methyl sites for hydroxylation is 1. The minimum Gasteiger partial charge on any atom is -0.313 e. The van der Waals surface area contributed by atoms with Crippen LogP contribution in [0.2, 0.25) is 0 Å². The number of hydrogen-bond acceptors (Lipinski definition) is 2. The third-order valence-corrected chi connectivity index (χ3v) is 3.90. The molecule has 0 saturated heterocycles. The lowest BCUT2D eigenvalue weighted by atomic mass is 10.2. The molecule has 1 atom stereocenters. The molecule has 1 fully saturated rings. The third-order valence-electron chi connectivity index (χ3n) is 2.55. The van der Waals surface area contributed by atoms with E-state index >= 15 is 0 Å². The van der Waals surface area contributed by atoms with Crippen molar-refractivity contribution in [1.82, 2.24) is 5.32 Å². The Labute approximate surface area is 93.5 Å². The zero-order valence-electron chi connectivity index (χ0n) is 9.03. The van der Waals surface area contributed by atoms with Gasteiger partial charge in [-0.25, -0.2) is 0 Å². The molecule has 2 nitrogen and oxygen atoms in total. The van der Waals surface area contributed by atoms with Gasteiger partial charge in [0.05, 0.1) is 10.8 Å². The van der Waals surface area contributed by atoms with E-state index in [1.165, 1.54) is 18.4 Å². The Hall–Kier alpha value is -0.670. The predicted molar refractivity (Wildman–Crippen MR) is 63.5 cm³/mol. The van der Waals surface area contributed by atoms with E-state index in [9.17, 15) is 4.21 Å². The standard InChI is InChI=1S/C12H17NOS/c1-10-3-2-4-12(9-10)15(14)8-7-13-11-5-6-11/h2-4,9,11,13H,5-8H2,1H3. The van der Waals surface area contributed by atoms with Crippen molar-refractivity contribution in [3.63, 3.8) is 0 Å². The lowest BCUT2D eigenvalue weighted by Crippen LogP contribution is -2.22. The van der Waals surface area contributed by atoms with Crippen molar-refractivity contribution < 1.29 is 4.21 Å². The van der Waals surface area contributed by atoms with E-state index in [2.05, 4.69) is 5.32 Å². The molecule has 0 bridgehead atoms. The molecule has 3 heteroatoms. The maximum Gasteiger partial charge on any atom is 0.0542 e. The van der Waals surface area contributed by atoms with Crippen molar-refractivity contribution in [1.29, 1.82) is 0 Å². The van der Waals surface area contributed by atoms with Crippen molar-refractivity contribution in [2.24, 2.45) is 0 Å². The summed E-state index contributed by atoms with van der Waals surface area (Å²) < 4.78 is 11.9. The number of benzene rings is 1. The highest BCUT2D eigenvalue weighted by Gasteiger charge is 2.20. The number of rotatable bonds is 5. The van der Waals surface area contributed by atoms with Gasteiger partial charge in [-0.15, -0.1) is 0 Å². The highest BCUT2D eigenvalue weighted by Crippen LogP contribution is 2.18. The fourth-order valence-corrected chi connectivity index (χ4v) is 2.60. The van der Waals surface area contributed by atoms with Gasteiger partial charge < -0.3 is 5.32 Å². The van der Waals surface area contributed by atoms with Gasteiger partial charge >= 0.3 is 0 Å². The van der Waals surface area contributed by atoms with Crippen LogP contribution >= 0.6 is 0 Å². The first-order valence-electron chi connectivity index (χ1n) is 5.44. The monoisotopic (exact) mass is 223 g/mol. The SMILES string of the molecule is Cc1cccc(S(=O)CCNC2CC2)c1. The molecule has 15 heavy (non-hydrogen) atoms. The number of nitrogens with one attached hydrogen (secondary N) is 1. The van der Waals surface area contributed by atoms with Crippen LogP contribution in [0.1, 0.15) is 18.4 Å². The van der Waals surface area contributed by atoms with Crippen LogP contribution in [0.4, 0.5) is 0 Å². The predicted octanol–water partition coefficient (Wildman–Crippen LogP) is 1.85. The van der Waals surface area contributed by atoms with E-state index < -0.39 is 10.8 Å². The second-order valence-electron chi connectivity index (χ2n) is 4.09. The molecule has 0 aromatic heterocycles. The fraction of sp³-hybridized carbons (Fsp3) is 0.500. The van der Waals surface area contributed by atoms with Crippen LogP contribution in [0.25, 0.3) is 0 Å². The molecule has 1 aliphatic carbocycles. The minimum atomic E-state index is -0.845. The minimum absolute atomic E-state index is 0.708. The van der Waals surface area contributed by atoms with E-state index in [1.807, 2.05) is 31.2 Å². The maximum absolute atomic E-state index is 11.9. The summed E-state index contributed by atoms with van der Waals surface area (Å²) >= 11 is 0. The zero-order valence-corrected chi connectivity index (χ0v) is 9.85. The van der Waals surface area contributed by atoms with Gasteiger partial charge in [-0.05, 0) is 37.5 Å². The van der Waals surface area contributed by atoms with Gasteiger partial charge in [0.15, 0.2) is 0 Å². The first kappa shape index (κ1) is 10.8. The van der Waals surface area contributed by atoms with Crippen LogP contribution in [0.15, 0.2) is 29.2 Å². The van der Waals surface area contributed by atoms with E-state index in [4.69, 9.17) is 0 Å². The van der Waals surface area contributed by atoms with Crippen molar-refractivity contribution in [3.05, 3.63) is 29.8 Å². The van der Waals surface area contributed by atoms with Crippen LogP contribution in [0.5, 0.6) is 0 Å². The summed E-state index contributed by atoms with van der Waals surface area (Å²) in [5, 5.41) is 3.38. The van der Waals surface area contributed by atoms with Crippen LogP contribution in [0.3, 0.4) is 0 Å². The molecule has 1 aromatic rings. The van der Waals surface area contributed by atoms with Crippen LogP contribution < -0.4 is 5.32 Å². The maximum atomic E-state index is 11.9. The second-order valence-corrected chi connectivity index (χ2v) is 5.67. The van der Waals surface area contributed by atoms with Crippen molar-refractivity contribution >= 4 is 10.8 Å². The van der Waals surface area contributed by atoms with Gasteiger partial charge in [-0.3, -0.25) is 4.21 Å². The molecule has 0 aliphatic heterocycles. The van der Waals surface area contributed by atoms with Crippen molar-refractivity contribution in [2.75, 3.05) is 12.3 Å². The average molecular weight is 223 g/mol. The summed E-state index contributed by atoms with van der Waals surface area (Å²) in [6.07, 6.45) is 2.58. The molecule has 0 heterocycles. The van der Waals surface area contributed by atoms with Crippen LogP contribution in [-0.4, -0.2) is 22.5 Å². The van der Waals surface area contributed by atoms with Crippen molar-refractivity contribution in [3.8, 4) is 0 Å². The highest BCUT2D eigenvalue weighted by molar-refractivity contribution is 7.85. The summed E-state index contributed by atoms with van der Waals surface area (Å²) in [7, 11) is -0.845. The highest BCUT2D eigenvalue weighted by atomic mass is 32.2. The largest absolute Gasteiger partial charge is 0.313 e. The van der Waals surface area contributed by atoms with Gasteiger partial charge in [0.25, 0.3) is 0 Å². The normalized spacial score (nSPS) is 17.7. The molecule has 0 amide bonds. The first-order valence-corrected chi connectivity index (χ1v) is 6.76. The lowest BCUT2D eigenvalue weighted by Gasteiger charge is -2.04. The molecule has 1 saturated carbocycles. The molecular formula is C12H17NOS. The molecule has 0 radical (unpaired) electrons. The molecule has 1 aromatic carbocycles. The Morgan fingerprint density at radius 1 is 1.47 bits per heavy atom. The quantitative estimate of drug-likeness (QED) is 0.825. The summed E-state index contributed by atoms with van der Waals surface area (Å²) in [5.41, 5.74) is 1.18. The number of hydrogen-bond donors (Lipinski definition) is 1. The van der Waals surface area contributed by atoms with E-state index in [0.29, 0.717) is 6.04 Å². The second kappa shape index (κ2) is 4.90. The van der Waals surface area contributed by atoms with Gasteiger partial charge in [0.2, 0.25) is 0 Å². The Balaban J connectivity index is 1.83. The molecule has 2 rings (SSSR count). The fourth-order valence-electron chi connectivity index (χ4n) is 1.52. The molecule has 1 aliphatic rings. The Bertz CT molecular complexity index is 360. The molecule has 1 N–H and O–H groups in total. The summed E-state index contributed by atoms with van der Waals surface area (Å²) in [6, 6.07) is 8.66. The summed E-state index contributed by atoms with van der Waals surface area (Å²) in [4.78, 5) is 0.951. The smallest absolute Gasteiger partial charge is 0.0542 e. The topological polar surface area (TPSA) is 29.1 Å². The van der Waals surface area contributed by atoms with Crippen molar-refractivity contribution in [2.45, 2.75) is 30.7 Å². The molecule has 1 unspecified atom stereocenters. The average Bonchev–Trinajstić information content (AvgIpc) is 3.01. The third kappa shape index (κ3) is 3.43. The summed E-state index contributed by atoms with van der Waals surface area (Å²) in [5.74, 6) is 0.722. The van der Waals surface area contributed by atoms with E-state index in [0.717, 1.165) is 17.2 Å². The van der Waals surface area contributed by atoms with Gasteiger partial charge in [-0.2, -0.15) is 0 Å². The Morgan fingerprint density at radius 2 is 2.27 bits per heavy atom. The Kier molecular flexibility index (Phi) is 3.54. The lowest BCUT2D eigenvalue weighted by molar-refractivity contribution is 0.672. The van der Waals surface area contributed by atoms with Gasteiger partial charge in [-0.1, -0.05) is 12.1 Å². The Morgan fingerprint density at radius 3 is 2.93 bits per heavy atom. The van der Waals surface area contributed by atoms with Gasteiger partial charge in [0, 0.05) is 23.2 Å². The molecule has 82 valence electrons. The van der Waals surface area contributed by atoms with Crippen LogP contribution in [0, 0.1) is 6.92 Å². The molecular weight excluding hydrogens is 206 g/mol. The first-order chi connectivity index (χ1) is 7.25. The van der Waals surface area contributed by atoms with E-state index in [-0.39, 0.29) is 0 Å². The molecule has 0 spiro atoms. The van der Waals surface area contributed by atoms with E-state index in [1.54, 1.807) is 0 Å².